The number of rotatable bonds is 0. The van der Waals surface area contributed by atoms with Crippen LogP contribution in [0.4, 0.5) is 0 Å². The second kappa shape index (κ2) is 5.58. The molecule has 0 N–H and O–H groups in total. The van der Waals surface area contributed by atoms with Crippen LogP contribution in [0.15, 0.2) is 59.1 Å². The van der Waals surface area contributed by atoms with Crippen molar-refractivity contribution in [2.45, 2.75) is 51.4 Å². The van der Waals surface area contributed by atoms with E-state index in [1.165, 1.54) is 44.3 Å². The molecule has 0 aliphatic heterocycles. The van der Waals surface area contributed by atoms with Gasteiger partial charge in [-0.25, -0.2) is 0 Å². The van der Waals surface area contributed by atoms with Gasteiger partial charge in [-0.1, -0.05) is 72.2 Å². The van der Waals surface area contributed by atoms with E-state index in [2.05, 4.69) is 98.2 Å². The first-order valence-electron chi connectivity index (χ1n) is 9.87. The van der Waals surface area contributed by atoms with E-state index in [0.717, 1.165) is 6.42 Å². The number of aryl methyl sites for hydroxylation is 2. The topological polar surface area (TPSA) is 0 Å². The van der Waals surface area contributed by atoms with E-state index in [1.807, 2.05) is 0 Å². The highest BCUT2D eigenvalue weighted by Gasteiger charge is 2.51. The van der Waals surface area contributed by atoms with Crippen LogP contribution >= 0.6 is 15.9 Å². The lowest BCUT2D eigenvalue weighted by atomic mass is 9.56. The molecule has 0 aromatic heterocycles. The zero-order valence-electron chi connectivity index (χ0n) is 16.5. The Labute approximate surface area is 170 Å². The fourth-order valence-electron chi connectivity index (χ4n) is 5.86. The van der Waals surface area contributed by atoms with Crippen molar-refractivity contribution >= 4 is 15.9 Å². The van der Waals surface area contributed by atoms with Gasteiger partial charge in [0.1, 0.15) is 0 Å². The molecule has 1 heteroatoms. The highest BCUT2D eigenvalue weighted by atomic mass is 79.9. The summed E-state index contributed by atoms with van der Waals surface area (Å²) in [4.78, 5) is 0. The largest absolute Gasteiger partial charge is 0.0619 e. The molecule has 0 nitrogen and oxygen atoms in total. The zero-order chi connectivity index (χ0) is 19.0. The number of hydrogen-bond acceptors (Lipinski definition) is 0. The van der Waals surface area contributed by atoms with Gasteiger partial charge in [0, 0.05) is 9.89 Å². The van der Waals surface area contributed by atoms with Gasteiger partial charge in [-0.3, -0.25) is 0 Å². The lowest BCUT2D eigenvalue weighted by molar-refractivity contribution is 0.365. The molecule has 0 bridgehead atoms. The van der Waals surface area contributed by atoms with E-state index in [4.69, 9.17) is 0 Å². The maximum Gasteiger partial charge on any atom is 0.0470 e. The fourth-order valence-corrected chi connectivity index (χ4v) is 6.22. The van der Waals surface area contributed by atoms with Crippen molar-refractivity contribution < 1.29 is 0 Å². The van der Waals surface area contributed by atoms with Crippen LogP contribution < -0.4 is 0 Å². The van der Waals surface area contributed by atoms with E-state index < -0.39 is 0 Å². The molecule has 0 radical (unpaired) electrons. The van der Waals surface area contributed by atoms with Crippen LogP contribution in [0.5, 0.6) is 0 Å². The van der Waals surface area contributed by atoms with E-state index in [-0.39, 0.29) is 10.8 Å². The molecule has 3 aromatic rings. The standard InChI is InChI=1S/C26H25Br/c1-16-9-10-17(2)24-23(16)25(3,4)13-14-26(24)21-8-6-5-7-19(21)20-12-11-18(27)15-22(20)26/h5-12,15H,13-14H2,1-4H3. The van der Waals surface area contributed by atoms with E-state index >= 15 is 0 Å². The second-order valence-electron chi connectivity index (χ2n) is 8.97. The predicted molar refractivity (Wildman–Crippen MR) is 118 cm³/mol. The van der Waals surface area contributed by atoms with E-state index in [0.29, 0.717) is 0 Å². The van der Waals surface area contributed by atoms with Gasteiger partial charge in [0.05, 0.1) is 0 Å². The Morgan fingerprint density at radius 3 is 2.19 bits per heavy atom. The average Bonchev–Trinajstić information content (AvgIpc) is 2.91. The van der Waals surface area contributed by atoms with Gasteiger partial charge in [0.15, 0.2) is 0 Å². The first kappa shape index (κ1) is 17.3. The maximum atomic E-state index is 3.76. The van der Waals surface area contributed by atoms with Crippen molar-refractivity contribution in [2.75, 3.05) is 0 Å². The van der Waals surface area contributed by atoms with Crippen LogP contribution in [-0.4, -0.2) is 0 Å². The van der Waals surface area contributed by atoms with Crippen LogP contribution in [-0.2, 0) is 10.8 Å². The molecule has 1 unspecified atom stereocenters. The molecule has 136 valence electrons. The summed E-state index contributed by atoms with van der Waals surface area (Å²) in [5.74, 6) is 0. The molecule has 27 heavy (non-hydrogen) atoms. The highest BCUT2D eigenvalue weighted by Crippen LogP contribution is 2.61. The van der Waals surface area contributed by atoms with Crippen LogP contribution in [0, 0.1) is 13.8 Å². The van der Waals surface area contributed by atoms with Gasteiger partial charge in [-0.15, -0.1) is 0 Å². The van der Waals surface area contributed by atoms with Gasteiger partial charge < -0.3 is 0 Å². The van der Waals surface area contributed by atoms with Crippen LogP contribution in [0.2, 0.25) is 0 Å². The van der Waals surface area contributed by atoms with Gasteiger partial charge in [0.25, 0.3) is 0 Å². The van der Waals surface area contributed by atoms with Gasteiger partial charge in [-0.05, 0) is 88.7 Å². The number of fused-ring (bicyclic) bond motifs is 7. The summed E-state index contributed by atoms with van der Waals surface area (Å²) in [5, 5.41) is 0. The van der Waals surface area contributed by atoms with Crippen molar-refractivity contribution in [1.82, 2.24) is 0 Å². The van der Waals surface area contributed by atoms with Crippen LogP contribution in [0.25, 0.3) is 11.1 Å². The molecule has 0 saturated heterocycles. The van der Waals surface area contributed by atoms with Crippen molar-refractivity contribution in [3.63, 3.8) is 0 Å². The zero-order valence-corrected chi connectivity index (χ0v) is 18.1. The van der Waals surface area contributed by atoms with Crippen LogP contribution in [0.1, 0.15) is 60.1 Å². The smallest absolute Gasteiger partial charge is 0.0470 e. The third-order valence-electron chi connectivity index (χ3n) is 6.97. The minimum Gasteiger partial charge on any atom is -0.0619 e. The van der Waals surface area contributed by atoms with Gasteiger partial charge in [0.2, 0.25) is 0 Å². The monoisotopic (exact) mass is 416 g/mol. The summed E-state index contributed by atoms with van der Waals surface area (Å²) in [6, 6.07) is 20.6. The van der Waals surface area contributed by atoms with Gasteiger partial charge in [-0.2, -0.15) is 0 Å². The summed E-state index contributed by atoms with van der Waals surface area (Å²) in [7, 11) is 0. The molecule has 3 aromatic carbocycles. The molecule has 1 atom stereocenters. The maximum absolute atomic E-state index is 3.76. The fraction of sp³-hybridized carbons (Fsp3) is 0.308. The van der Waals surface area contributed by atoms with Crippen molar-refractivity contribution in [3.05, 3.63) is 92.5 Å². The average molecular weight is 417 g/mol. The molecule has 2 aliphatic carbocycles. The van der Waals surface area contributed by atoms with Crippen LogP contribution in [0.3, 0.4) is 0 Å². The SMILES string of the molecule is Cc1ccc(C)c2c1C(C)(C)CCC21c2ccccc2-c2ccc(Br)cc21. The molecule has 1 spiro atoms. The molecule has 0 amide bonds. The molecule has 0 heterocycles. The predicted octanol–water partition coefficient (Wildman–Crippen LogP) is 7.45. The third-order valence-corrected chi connectivity index (χ3v) is 7.46. The molecule has 0 fully saturated rings. The molecule has 2 aliphatic rings. The van der Waals surface area contributed by atoms with Crippen molar-refractivity contribution in [1.29, 1.82) is 0 Å². The number of halogens is 1. The Bertz CT molecular complexity index is 1090. The second-order valence-corrected chi connectivity index (χ2v) is 9.89. The third kappa shape index (κ3) is 2.15. The molecular weight excluding hydrogens is 392 g/mol. The van der Waals surface area contributed by atoms with Crippen molar-refractivity contribution in [2.24, 2.45) is 0 Å². The normalized spacial score (nSPS) is 21.7. The Morgan fingerprint density at radius 2 is 1.41 bits per heavy atom. The van der Waals surface area contributed by atoms with Crippen molar-refractivity contribution in [3.8, 4) is 11.1 Å². The lowest BCUT2D eigenvalue weighted by Crippen LogP contribution is -2.39. The summed E-state index contributed by atoms with van der Waals surface area (Å²) < 4.78 is 1.17. The summed E-state index contributed by atoms with van der Waals surface area (Å²) >= 11 is 3.76. The Kier molecular flexibility index (Phi) is 3.56. The lowest BCUT2D eigenvalue weighted by Gasteiger charge is -2.46. The molecular formula is C26H25Br. The van der Waals surface area contributed by atoms with Gasteiger partial charge >= 0.3 is 0 Å². The number of benzene rings is 3. The molecule has 0 saturated carbocycles. The van der Waals surface area contributed by atoms with E-state index in [1.54, 1.807) is 11.1 Å². The first-order chi connectivity index (χ1) is 12.9. The minimum absolute atomic E-state index is 0.0311. The Balaban J connectivity index is 1.98. The molecule has 5 rings (SSSR count). The highest BCUT2D eigenvalue weighted by molar-refractivity contribution is 9.10. The Morgan fingerprint density at radius 1 is 0.741 bits per heavy atom. The van der Waals surface area contributed by atoms with E-state index in [9.17, 15) is 0 Å². The minimum atomic E-state index is -0.0311. The quantitative estimate of drug-likeness (QED) is 0.356. The summed E-state index contributed by atoms with van der Waals surface area (Å²) in [6.07, 6.45) is 2.36. The number of hydrogen-bond donors (Lipinski definition) is 0. The summed E-state index contributed by atoms with van der Waals surface area (Å²) in [6.45, 7) is 9.45. The first-order valence-corrected chi connectivity index (χ1v) is 10.7. The Hall–Kier alpha value is -1.86. The summed E-state index contributed by atoms with van der Waals surface area (Å²) in [5.41, 5.74) is 11.9.